The number of hydrogen-bond donors (Lipinski definition) is 2. The molecule has 0 radical (unpaired) electrons. The SMILES string of the molecule is Nc1nc(NCCCc2ccccc2)nc2c1nc(-c1ccco1)n2CCc1ccccc1. The largest absolute Gasteiger partial charge is 0.461 e. The molecule has 0 unspecified atom stereocenters. The van der Waals surface area contributed by atoms with E-state index in [1.807, 2.05) is 36.4 Å². The third-order valence-corrected chi connectivity index (χ3v) is 5.60. The average molecular weight is 439 g/mol. The summed E-state index contributed by atoms with van der Waals surface area (Å²) >= 11 is 0. The Morgan fingerprint density at radius 2 is 1.55 bits per heavy atom. The number of aromatic nitrogens is 4. The van der Waals surface area contributed by atoms with Gasteiger partial charge in [-0.05, 0) is 42.5 Å². The second-order valence-electron chi connectivity index (χ2n) is 7.92. The maximum atomic E-state index is 6.30. The zero-order chi connectivity index (χ0) is 22.5. The van der Waals surface area contributed by atoms with E-state index < -0.39 is 0 Å². The second kappa shape index (κ2) is 9.56. The van der Waals surface area contributed by atoms with Crippen LogP contribution in [0.1, 0.15) is 17.5 Å². The lowest BCUT2D eigenvalue weighted by molar-refractivity contribution is 0.569. The predicted octanol–water partition coefficient (Wildman–Crippen LogP) is 4.96. The van der Waals surface area contributed by atoms with Crippen molar-refractivity contribution >= 4 is 22.9 Å². The van der Waals surface area contributed by atoms with Gasteiger partial charge in [0.05, 0.1) is 6.26 Å². The first-order valence-corrected chi connectivity index (χ1v) is 11.2. The van der Waals surface area contributed by atoms with Gasteiger partial charge in [0.15, 0.2) is 28.6 Å². The molecule has 166 valence electrons. The number of hydrogen-bond acceptors (Lipinski definition) is 6. The molecule has 0 amide bonds. The number of nitrogens with zero attached hydrogens (tertiary/aromatic N) is 4. The summed E-state index contributed by atoms with van der Waals surface area (Å²) in [6, 6.07) is 24.5. The summed E-state index contributed by atoms with van der Waals surface area (Å²) in [5.74, 6) is 2.25. The van der Waals surface area contributed by atoms with Crippen molar-refractivity contribution < 1.29 is 4.42 Å². The lowest BCUT2D eigenvalue weighted by Gasteiger charge is -2.09. The summed E-state index contributed by atoms with van der Waals surface area (Å²) in [6.45, 7) is 1.45. The monoisotopic (exact) mass is 438 g/mol. The molecule has 3 heterocycles. The number of anilines is 2. The van der Waals surface area contributed by atoms with Crippen LogP contribution in [0.15, 0.2) is 83.5 Å². The number of nitrogens with one attached hydrogen (secondary N) is 1. The molecule has 0 fully saturated rings. The third-order valence-electron chi connectivity index (χ3n) is 5.60. The number of imidazole rings is 1. The molecule has 0 spiro atoms. The van der Waals surface area contributed by atoms with Gasteiger partial charge in [0.25, 0.3) is 0 Å². The van der Waals surface area contributed by atoms with Crippen molar-refractivity contribution in [3.63, 3.8) is 0 Å². The van der Waals surface area contributed by atoms with Gasteiger partial charge in [-0.2, -0.15) is 9.97 Å². The number of fused-ring (bicyclic) bond motifs is 1. The van der Waals surface area contributed by atoms with Gasteiger partial charge in [-0.15, -0.1) is 0 Å². The summed E-state index contributed by atoms with van der Waals surface area (Å²) in [5, 5.41) is 3.33. The number of aryl methyl sites for hydroxylation is 3. The highest BCUT2D eigenvalue weighted by atomic mass is 16.3. The van der Waals surface area contributed by atoms with Crippen LogP contribution in [-0.2, 0) is 19.4 Å². The Bertz CT molecular complexity index is 1310. The molecule has 33 heavy (non-hydrogen) atoms. The highest BCUT2D eigenvalue weighted by molar-refractivity contribution is 5.86. The zero-order valence-electron chi connectivity index (χ0n) is 18.3. The normalized spacial score (nSPS) is 11.2. The van der Waals surface area contributed by atoms with E-state index in [1.165, 1.54) is 11.1 Å². The number of nitrogen functional groups attached to an aromatic ring is 1. The van der Waals surface area contributed by atoms with Gasteiger partial charge in [0.1, 0.15) is 0 Å². The molecule has 0 aliphatic heterocycles. The fourth-order valence-corrected chi connectivity index (χ4v) is 3.93. The molecule has 7 nitrogen and oxygen atoms in total. The lowest BCUT2D eigenvalue weighted by Crippen LogP contribution is -2.10. The maximum absolute atomic E-state index is 6.30. The first-order valence-electron chi connectivity index (χ1n) is 11.2. The van der Waals surface area contributed by atoms with E-state index in [1.54, 1.807) is 6.26 Å². The zero-order valence-corrected chi connectivity index (χ0v) is 18.3. The molecule has 0 bridgehead atoms. The molecule has 5 aromatic rings. The fraction of sp³-hybridized carbons (Fsp3) is 0.192. The summed E-state index contributed by atoms with van der Waals surface area (Å²) < 4.78 is 7.71. The Kier molecular flexibility index (Phi) is 6.01. The van der Waals surface area contributed by atoms with Crippen molar-refractivity contribution in [1.82, 2.24) is 19.5 Å². The van der Waals surface area contributed by atoms with Crippen LogP contribution >= 0.6 is 0 Å². The summed E-state index contributed by atoms with van der Waals surface area (Å²) in [4.78, 5) is 14.0. The molecule has 7 heteroatoms. The highest BCUT2D eigenvalue weighted by Gasteiger charge is 2.19. The third kappa shape index (κ3) is 4.72. The molecule has 0 atom stereocenters. The molecule has 0 aliphatic rings. The van der Waals surface area contributed by atoms with E-state index in [0.29, 0.717) is 41.1 Å². The Balaban J connectivity index is 1.40. The van der Waals surface area contributed by atoms with Crippen molar-refractivity contribution in [1.29, 1.82) is 0 Å². The Morgan fingerprint density at radius 1 is 0.818 bits per heavy atom. The van der Waals surface area contributed by atoms with Crippen molar-refractivity contribution in [3.05, 3.63) is 90.2 Å². The van der Waals surface area contributed by atoms with E-state index >= 15 is 0 Å². The molecule has 0 saturated heterocycles. The van der Waals surface area contributed by atoms with Crippen LogP contribution in [0.5, 0.6) is 0 Å². The van der Waals surface area contributed by atoms with Gasteiger partial charge in [-0.25, -0.2) is 4.98 Å². The van der Waals surface area contributed by atoms with Gasteiger partial charge >= 0.3 is 0 Å². The van der Waals surface area contributed by atoms with E-state index in [0.717, 1.165) is 25.8 Å². The maximum Gasteiger partial charge on any atom is 0.226 e. The van der Waals surface area contributed by atoms with E-state index in [-0.39, 0.29) is 0 Å². The van der Waals surface area contributed by atoms with Gasteiger partial charge in [0.2, 0.25) is 5.95 Å². The van der Waals surface area contributed by atoms with Crippen molar-refractivity contribution in [2.75, 3.05) is 17.6 Å². The molecule has 5 rings (SSSR count). The Labute approximate surface area is 192 Å². The Hall–Kier alpha value is -4.13. The summed E-state index contributed by atoms with van der Waals surface area (Å²) in [5.41, 5.74) is 10.1. The number of furan rings is 1. The minimum Gasteiger partial charge on any atom is -0.461 e. The number of benzene rings is 2. The molecule has 2 aromatic carbocycles. The van der Waals surface area contributed by atoms with E-state index in [9.17, 15) is 0 Å². The predicted molar refractivity (Wildman–Crippen MR) is 131 cm³/mol. The molecule has 0 saturated carbocycles. The minimum absolute atomic E-state index is 0.358. The number of rotatable bonds is 9. The van der Waals surface area contributed by atoms with Crippen molar-refractivity contribution in [2.24, 2.45) is 0 Å². The van der Waals surface area contributed by atoms with Crippen molar-refractivity contribution in [3.8, 4) is 11.6 Å². The van der Waals surface area contributed by atoms with Gasteiger partial charge in [-0.3, -0.25) is 0 Å². The van der Waals surface area contributed by atoms with Crippen LogP contribution in [0.25, 0.3) is 22.7 Å². The topological polar surface area (TPSA) is 94.8 Å². The van der Waals surface area contributed by atoms with Gasteiger partial charge in [-0.1, -0.05) is 60.7 Å². The first-order chi connectivity index (χ1) is 16.3. The van der Waals surface area contributed by atoms with Crippen LogP contribution in [0.2, 0.25) is 0 Å². The van der Waals surface area contributed by atoms with Crippen LogP contribution in [0.4, 0.5) is 11.8 Å². The molecule has 3 aromatic heterocycles. The van der Waals surface area contributed by atoms with Crippen molar-refractivity contribution in [2.45, 2.75) is 25.8 Å². The summed E-state index contributed by atoms with van der Waals surface area (Å²) in [6.07, 6.45) is 4.44. The number of nitrogens with two attached hydrogens (primary N) is 1. The fourth-order valence-electron chi connectivity index (χ4n) is 3.93. The Morgan fingerprint density at radius 3 is 2.24 bits per heavy atom. The molecular weight excluding hydrogens is 412 g/mol. The van der Waals surface area contributed by atoms with Crippen LogP contribution in [-0.4, -0.2) is 26.1 Å². The van der Waals surface area contributed by atoms with Crippen LogP contribution in [0.3, 0.4) is 0 Å². The summed E-state index contributed by atoms with van der Waals surface area (Å²) in [7, 11) is 0. The smallest absolute Gasteiger partial charge is 0.226 e. The van der Waals surface area contributed by atoms with Gasteiger partial charge < -0.3 is 20.0 Å². The average Bonchev–Trinajstić information content (AvgIpc) is 3.50. The lowest BCUT2D eigenvalue weighted by atomic mass is 10.1. The second-order valence-corrected chi connectivity index (χ2v) is 7.92. The quantitative estimate of drug-likeness (QED) is 0.316. The highest BCUT2D eigenvalue weighted by Crippen LogP contribution is 2.28. The minimum atomic E-state index is 0.358. The standard InChI is InChI=1S/C26H26N6O/c27-23-22-25(31-26(30-23)28-16-7-13-19-9-3-1-4-10-19)32(17-15-20-11-5-2-6-12-20)24(29-22)21-14-8-18-33-21/h1-6,8-12,14,18H,7,13,15-17H2,(H3,27,28,30,31). The van der Waals surface area contributed by atoms with Crippen LogP contribution in [0, 0.1) is 0 Å². The molecule has 0 aliphatic carbocycles. The van der Waals surface area contributed by atoms with E-state index in [4.69, 9.17) is 20.1 Å². The van der Waals surface area contributed by atoms with Gasteiger partial charge in [0, 0.05) is 13.1 Å². The van der Waals surface area contributed by atoms with E-state index in [2.05, 4.69) is 51.3 Å². The molecular formula is C26H26N6O. The van der Waals surface area contributed by atoms with Crippen LogP contribution < -0.4 is 11.1 Å². The first kappa shape index (κ1) is 20.8. The molecule has 3 N–H and O–H groups in total.